The largest absolute Gasteiger partial charge is 0.352 e. The number of nitrogens with one attached hydrogen (secondary N) is 2. The monoisotopic (exact) mass is 295 g/mol. The van der Waals surface area contributed by atoms with Crippen LogP contribution < -0.4 is 10.6 Å². The summed E-state index contributed by atoms with van der Waals surface area (Å²) >= 11 is 0. The molecular weight excluding hydrogens is 262 g/mol. The van der Waals surface area contributed by atoms with Gasteiger partial charge < -0.3 is 10.6 Å². The van der Waals surface area contributed by atoms with E-state index < -0.39 is 0 Å². The van der Waals surface area contributed by atoms with E-state index >= 15 is 0 Å². The molecule has 2 unspecified atom stereocenters. The number of nitrogens with zero attached hydrogens (tertiary/aromatic N) is 1. The first-order valence-corrected chi connectivity index (χ1v) is 8.95. The van der Waals surface area contributed by atoms with Crippen LogP contribution in [0, 0.1) is 5.92 Å². The molecule has 1 heterocycles. The summed E-state index contributed by atoms with van der Waals surface area (Å²) in [5.74, 6) is 0.936. The van der Waals surface area contributed by atoms with E-state index in [0.29, 0.717) is 12.0 Å². The Hall–Kier alpha value is -0.610. The lowest BCUT2D eigenvalue weighted by Crippen LogP contribution is -2.50. The quantitative estimate of drug-likeness (QED) is 0.756. The van der Waals surface area contributed by atoms with Crippen LogP contribution in [0.4, 0.5) is 0 Å². The lowest BCUT2D eigenvalue weighted by Gasteiger charge is -2.33. The van der Waals surface area contributed by atoms with Crippen molar-refractivity contribution in [2.45, 2.75) is 70.9 Å². The second-order valence-corrected chi connectivity index (χ2v) is 6.87. The zero-order chi connectivity index (χ0) is 15.1. The van der Waals surface area contributed by atoms with Crippen LogP contribution in [0.15, 0.2) is 0 Å². The van der Waals surface area contributed by atoms with E-state index in [0.717, 1.165) is 32.6 Å². The van der Waals surface area contributed by atoms with Gasteiger partial charge in [-0.25, -0.2) is 0 Å². The van der Waals surface area contributed by atoms with Crippen molar-refractivity contribution in [3.05, 3.63) is 0 Å². The van der Waals surface area contributed by atoms with E-state index in [1.54, 1.807) is 0 Å². The smallest absolute Gasteiger partial charge is 0.237 e. The molecule has 2 aliphatic rings. The van der Waals surface area contributed by atoms with Gasteiger partial charge in [-0.2, -0.15) is 0 Å². The molecule has 0 spiro atoms. The second kappa shape index (κ2) is 8.74. The minimum Gasteiger partial charge on any atom is -0.352 e. The van der Waals surface area contributed by atoms with Gasteiger partial charge in [0.25, 0.3) is 0 Å². The molecule has 2 atom stereocenters. The first-order valence-electron chi connectivity index (χ1n) is 8.95. The van der Waals surface area contributed by atoms with Crippen LogP contribution in [0.2, 0.25) is 0 Å². The highest BCUT2D eigenvalue weighted by molar-refractivity contribution is 5.81. The second-order valence-electron chi connectivity index (χ2n) is 6.87. The number of amides is 1. The number of hydrogen-bond donors (Lipinski definition) is 2. The van der Waals surface area contributed by atoms with Gasteiger partial charge >= 0.3 is 0 Å². The summed E-state index contributed by atoms with van der Waals surface area (Å²) in [7, 11) is 0. The Bertz CT molecular complexity index is 309. The van der Waals surface area contributed by atoms with Gasteiger partial charge in [-0.05, 0) is 64.6 Å². The summed E-state index contributed by atoms with van der Waals surface area (Å²) in [5, 5.41) is 6.74. The van der Waals surface area contributed by atoms with E-state index in [1.165, 1.54) is 38.5 Å². The topological polar surface area (TPSA) is 44.4 Å². The molecule has 0 aromatic carbocycles. The molecule has 1 aliphatic carbocycles. The third-order valence-corrected chi connectivity index (χ3v) is 5.03. The Labute approximate surface area is 130 Å². The van der Waals surface area contributed by atoms with Gasteiger partial charge in [-0.15, -0.1) is 0 Å². The fourth-order valence-corrected chi connectivity index (χ4v) is 3.70. The van der Waals surface area contributed by atoms with E-state index in [2.05, 4.69) is 29.4 Å². The number of carbonyl (C=O) groups is 1. The van der Waals surface area contributed by atoms with Gasteiger partial charge in [0, 0.05) is 12.6 Å². The van der Waals surface area contributed by atoms with Crippen molar-refractivity contribution >= 4 is 5.91 Å². The highest BCUT2D eigenvalue weighted by atomic mass is 16.2. The molecule has 2 rings (SSSR count). The average molecular weight is 295 g/mol. The molecule has 4 heteroatoms. The van der Waals surface area contributed by atoms with Crippen molar-refractivity contribution in [3.8, 4) is 0 Å². The fraction of sp³-hybridized carbons (Fsp3) is 0.941. The molecule has 122 valence electrons. The lowest BCUT2D eigenvalue weighted by molar-refractivity contribution is -0.126. The molecule has 2 fully saturated rings. The average Bonchev–Trinajstić information content (AvgIpc) is 3.00. The maximum absolute atomic E-state index is 12.5. The van der Waals surface area contributed by atoms with Crippen molar-refractivity contribution in [2.24, 2.45) is 5.92 Å². The maximum Gasteiger partial charge on any atom is 0.237 e. The van der Waals surface area contributed by atoms with Gasteiger partial charge in [0.1, 0.15) is 0 Å². The van der Waals surface area contributed by atoms with Gasteiger partial charge in [-0.1, -0.05) is 19.8 Å². The summed E-state index contributed by atoms with van der Waals surface area (Å²) in [4.78, 5) is 14.9. The minimum absolute atomic E-state index is 0.00692. The van der Waals surface area contributed by atoms with Crippen molar-refractivity contribution in [2.75, 3.05) is 26.2 Å². The normalized spacial score (nSPS) is 25.2. The van der Waals surface area contributed by atoms with Crippen LogP contribution >= 0.6 is 0 Å². The molecule has 0 bridgehead atoms. The number of rotatable bonds is 7. The Balaban J connectivity index is 1.83. The Morgan fingerprint density at radius 2 is 2.05 bits per heavy atom. The van der Waals surface area contributed by atoms with Crippen LogP contribution in [-0.4, -0.2) is 49.1 Å². The van der Waals surface area contributed by atoms with Crippen molar-refractivity contribution < 1.29 is 4.79 Å². The zero-order valence-corrected chi connectivity index (χ0v) is 13.9. The lowest BCUT2D eigenvalue weighted by atomic mass is 9.98. The number of hydrogen-bond acceptors (Lipinski definition) is 3. The van der Waals surface area contributed by atoms with Gasteiger partial charge in [0.15, 0.2) is 0 Å². The van der Waals surface area contributed by atoms with E-state index in [-0.39, 0.29) is 11.9 Å². The molecule has 1 saturated carbocycles. The molecule has 2 N–H and O–H groups in total. The Morgan fingerprint density at radius 1 is 1.29 bits per heavy atom. The molecule has 1 aliphatic heterocycles. The van der Waals surface area contributed by atoms with Crippen LogP contribution in [0.5, 0.6) is 0 Å². The maximum atomic E-state index is 12.5. The summed E-state index contributed by atoms with van der Waals surface area (Å²) in [6, 6.07) is 0.437. The fourth-order valence-electron chi connectivity index (χ4n) is 3.70. The molecule has 4 nitrogen and oxygen atoms in total. The van der Waals surface area contributed by atoms with Crippen molar-refractivity contribution in [3.63, 3.8) is 0 Å². The van der Waals surface area contributed by atoms with Crippen molar-refractivity contribution in [1.29, 1.82) is 0 Å². The van der Waals surface area contributed by atoms with Crippen LogP contribution in [-0.2, 0) is 4.79 Å². The molecule has 1 saturated heterocycles. The third kappa shape index (κ3) is 5.26. The summed E-state index contributed by atoms with van der Waals surface area (Å²) in [6.45, 7) is 8.62. The molecule has 21 heavy (non-hydrogen) atoms. The van der Waals surface area contributed by atoms with E-state index in [9.17, 15) is 4.79 Å². The van der Waals surface area contributed by atoms with E-state index in [4.69, 9.17) is 0 Å². The minimum atomic E-state index is 0.00692. The van der Waals surface area contributed by atoms with Gasteiger partial charge in [0.05, 0.1) is 6.04 Å². The number of carbonyl (C=O) groups excluding carboxylic acids is 1. The Morgan fingerprint density at radius 3 is 2.67 bits per heavy atom. The van der Waals surface area contributed by atoms with Gasteiger partial charge in [0.2, 0.25) is 5.91 Å². The first-order chi connectivity index (χ1) is 10.2. The van der Waals surface area contributed by atoms with Crippen molar-refractivity contribution in [1.82, 2.24) is 15.5 Å². The third-order valence-electron chi connectivity index (χ3n) is 5.03. The SMILES string of the molecule is CCCN(CC1CCCNC1)C(C)C(=O)NC1CCCC1. The molecular formula is C17H33N3O. The van der Waals surface area contributed by atoms with Crippen LogP contribution in [0.25, 0.3) is 0 Å². The standard InChI is InChI=1S/C17H33N3O/c1-3-11-20(13-15-7-6-10-18-12-15)14(2)17(21)19-16-8-4-5-9-16/h14-16,18H,3-13H2,1-2H3,(H,19,21). The highest BCUT2D eigenvalue weighted by Crippen LogP contribution is 2.19. The zero-order valence-electron chi connectivity index (χ0n) is 13.9. The summed E-state index contributed by atoms with van der Waals surface area (Å²) in [5.41, 5.74) is 0. The first kappa shape index (κ1) is 16.8. The molecule has 0 aromatic rings. The molecule has 0 aromatic heterocycles. The van der Waals surface area contributed by atoms with E-state index in [1.807, 2.05) is 0 Å². The van der Waals surface area contributed by atoms with Gasteiger partial charge in [-0.3, -0.25) is 9.69 Å². The predicted molar refractivity (Wildman–Crippen MR) is 87.3 cm³/mol. The Kier molecular flexibility index (Phi) is 6.97. The summed E-state index contributed by atoms with van der Waals surface area (Å²) in [6.07, 6.45) is 8.55. The molecule has 0 radical (unpaired) electrons. The number of piperidine rings is 1. The predicted octanol–water partition coefficient (Wildman–Crippen LogP) is 2.15. The highest BCUT2D eigenvalue weighted by Gasteiger charge is 2.26. The summed E-state index contributed by atoms with van der Waals surface area (Å²) < 4.78 is 0. The van der Waals surface area contributed by atoms with Crippen LogP contribution in [0.3, 0.4) is 0 Å². The molecule has 1 amide bonds. The van der Waals surface area contributed by atoms with Crippen LogP contribution in [0.1, 0.15) is 58.8 Å².